The van der Waals surface area contributed by atoms with E-state index in [9.17, 15) is 39.2 Å². The summed E-state index contributed by atoms with van der Waals surface area (Å²) in [6.45, 7) is -2.68. The molecule has 0 saturated heterocycles. The number of halogens is 1. The number of fused-ring (bicyclic) bond motifs is 1. The maximum atomic E-state index is 14.0. The quantitative estimate of drug-likeness (QED) is 0.104. The number of hydrogen-bond donors (Lipinski definition) is 1. The van der Waals surface area contributed by atoms with Gasteiger partial charge in [-0.15, -0.1) is 13.2 Å². The molecule has 0 saturated carbocycles. The Morgan fingerprint density at radius 1 is 1.05 bits per heavy atom. The molecule has 2 aromatic carbocycles. The Hall–Kier alpha value is -4.99. The van der Waals surface area contributed by atoms with Crippen LogP contribution in [0.3, 0.4) is 0 Å². The highest BCUT2D eigenvalue weighted by molar-refractivity contribution is 5.86. The van der Waals surface area contributed by atoms with Crippen molar-refractivity contribution in [3.8, 4) is 23.1 Å². The molecule has 0 aliphatic rings. The number of carbonyl (C=O) groups is 3. The lowest BCUT2D eigenvalue weighted by atomic mass is 10.0. The molecule has 4 aromatic rings. The third-order valence-corrected chi connectivity index (χ3v) is 6.04. The van der Waals surface area contributed by atoms with Gasteiger partial charge in [0.25, 0.3) is 5.89 Å². The third kappa shape index (κ3) is 7.65. The highest BCUT2D eigenvalue weighted by atomic mass is 19.1. The van der Waals surface area contributed by atoms with E-state index in [-0.39, 0.29) is 72.0 Å². The number of furan rings is 1. The molecule has 1 unspecified atom stereocenters. The van der Waals surface area contributed by atoms with E-state index in [1.165, 1.54) is 35.4 Å². The molecule has 2 aromatic heterocycles. The van der Waals surface area contributed by atoms with Crippen LogP contribution in [0.4, 0.5) is 10.1 Å². The summed E-state index contributed by atoms with van der Waals surface area (Å²) >= 11 is 0. The summed E-state index contributed by atoms with van der Waals surface area (Å²) in [5, 5.41) is 48.4. The first-order valence-corrected chi connectivity index (χ1v) is 12.8. The van der Waals surface area contributed by atoms with Gasteiger partial charge in [0.1, 0.15) is 36.1 Å². The molecule has 0 fully saturated rings. The number of anilines is 1. The molecule has 0 aliphatic carbocycles. The van der Waals surface area contributed by atoms with Gasteiger partial charge in [-0.3, -0.25) is 4.79 Å². The zero-order chi connectivity index (χ0) is 30.9. The number of rotatable bonds is 17. The number of benzene rings is 2. The molecule has 0 radical (unpaired) electrons. The van der Waals surface area contributed by atoms with Crippen LogP contribution >= 0.6 is 0 Å². The van der Waals surface area contributed by atoms with Gasteiger partial charge in [0.15, 0.2) is 17.8 Å². The zero-order valence-corrected chi connectivity index (χ0v) is 22.4. The van der Waals surface area contributed by atoms with Gasteiger partial charge in [-0.1, -0.05) is 0 Å². The average molecular weight is 598 g/mol. The van der Waals surface area contributed by atoms with Crippen LogP contribution in [0.25, 0.3) is 22.6 Å². The van der Waals surface area contributed by atoms with Crippen molar-refractivity contribution in [2.24, 2.45) is 0 Å². The summed E-state index contributed by atoms with van der Waals surface area (Å²) in [5.74, 6) is -3.54. The highest BCUT2D eigenvalue weighted by Crippen LogP contribution is 2.35. The standard InChI is InChI=1S/C28H26FN3O11/c29-17-1-2-20(32(4-6-34)14-25(36)37)23(11-17)41-8-7-40-22-9-16-10-24(27-31-13-18(15-35)42-27)43-21(16)12-19(22)26(28(38)39)30-3-5-33/h1-2,9-13,15,26,30H,3-8,14H2,(H,36,37)(H,38,39)/q-2/p-2. The van der Waals surface area contributed by atoms with Gasteiger partial charge < -0.3 is 58.5 Å². The molecule has 43 heavy (non-hydrogen) atoms. The number of nitrogens with zero attached hydrogens (tertiary/aromatic N) is 2. The predicted molar refractivity (Wildman–Crippen MR) is 137 cm³/mol. The van der Waals surface area contributed by atoms with E-state index >= 15 is 0 Å². The molecule has 14 nitrogen and oxygen atoms in total. The number of aliphatic carboxylic acids is 2. The van der Waals surface area contributed by atoms with Crippen LogP contribution in [0.1, 0.15) is 22.2 Å². The molecule has 228 valence electrons. The van der Waals surface area contributed by atoms with Gasteiger partial charge in [0.05, 0.1) is 36.4 Å². The maximum absolute atomic E-state index is 14.0. The normalized spacial score (nSPS) is 11.8. The fraction of sp³-hybridized carbons (Fsp3) is 0.286. The number of oxazole rings is 1. The second-order valence-corrected chi connectivity index (χ2v) is 8.94. The van der Waals surface area contributed by atoms with Crippen LogP contribution < -0.4 is 40.1 Å². The topological polar surface area (TPSA) is 216 Å². The minimum atomic E-state index is -1.54. The van der Waals surface area contributed by atoms with Crippen molar-refractivity contribution >= 4 is 34.9 Å². The Labute approximate surface area is 242 Å². The summed E-state index contributed by atoms with van der Waals surface area (Å²) < 4.78 is 36.5. The summed E-state index contributed by atoms with van der Waals surface area (Å²) in [5.41, 5.74) is 0.424. The average Bonchev–Trinajstić information content (AvgIpc) is 3.62. The second kappa shape index (κ2) is 14.3. The summed E-state index contributed by atoms with van der Waals surface area (Å²) in [7, 11) is 0. The van der Waals surface area contributed by atoms with Crippen LogP contribution in [0.2, 0.25) is 0 Å². The number of carbonyl (C=O) groups excluding carboxylic acids is 3. The molecular formula is C28H24FN3O11-4. The van der Waals surface area contributed by atoms with E-state index in [0.29, 0.717) is 11.7 Å². The van der Waals surface area contributed by atoms with Crippen molar-refractivity contribution in [1.82, 2.24) is 10.3 Å². The Kier molecular flexibility index (Phi) is 10.3. The van der Waals surface area contributed by atoms with E-state index in [1.807, 2.05) is 0 Å². The minimum Gasteiger partial charge on any atom is -0.854 e. The van der Waals surface area contributed by atoms with Gasteiger partial charge in [0, 0.05) is 23.6 Å². The number of nitrogens with one attached hydrogen (secondary N) is 1. The molecule has 0 bridgehead atoms. The molecule has 1 atom stereocenters. The number of aldehydes is 1. The lowest BCUT2D eigenvalue weighted by Gasteiger charge is -2.28. The second-order valence-electron chi connectivity index (χ2n) is 8.94. The van der Waals surface area contributed by atoms with Crippen molar-refractivity contribution in [1.29, 1.82) is 0 Å². The summed E-state index contributed by atoms with van der Waals surface area (Å²) in [4.78, 5) is 39.2. The van der Waals surface area contributed by atoms with Crippen molar-refractivity contribution in [3.05, 3.63) is 59.7 Å². The summed E-state index contributed by atoms with van der Waals surface area (Å²) in [6.07, 6.45) is 1.67. The first-order chi connectivity index (χ1) is 20.7. The number of ether oxygens (including phenoxy) is 2. The van der Waals surface area contributed by atoms with Crippen molar-refractivity contribution in [2.45, 2.75) is 6.04 Å². The van der Waals surface area contributed by atoms with Crippen LogP contribution in [-0.2, 0) is 9.59 Å². The van der Waals surface area contributed by atoms with Crippen LogP contribution in [0.5, 0.6) is 11.5 Å². The largest absolute Gasteiger partial charge is 0.854 e. The molecular weight excluding hydrogens is 573 g/mol. The van der Waals surface area contributed by atoms with E-state index in [0.717, 1.165) is 12.1 Å². The van der Waals surface area contributed by atoms with E-state index < -0.39 is 43.6 Å². The van der Waals surface area contributed by atoms with E-state index in [1.54, 1.807) is 0 Å². The monoisotopic (exact) mass is 597 g/mol. The first-order valence-electron chi connectivity index (χ1n) is 12.8. The minimum absolute atomic E-state index is 0.00671. The van der Waals surface area contributed by atoms with Gasteiger partial charge in [-0.05, 0) is 36.9 Å². The molecule has 0 amide bonds. The lowest BCUT2D eigenvalue weighted by Crippen LogP contribution is -2.41. The Morgan fingerprint density at radius 2 is 1.81 bits per heavy atom. The van der Waals surface area contributed by atoms with Crippen molar-refractivity contribution < 1.29 is 57.5 Å². The molecule has 0 aliphatic heterocycles. The lowest BCUT2D eigenvalue weighted by molar-refractivity contribution is -0.365. The van der Waals surface area contributed by atoms with Crippen molar-refractivity contribution in [2.75, 3.05) is 51.0 Å². The number of carboxylic acids is 2. The SMILES string of the molecule is O=Cc1cnc(-c2cc3cc(OCCOc4cc(F)ccc4N(CC[O-])CC(=O)[O-])c(C(NCC[O-])C(=O)[O-])cc3o2)o1. The Balaban J connectivity index is 1.60. The fourth-order valence-electron chi connectivity index (χ4n) is 4.24. The third-order valence-electron chi connectivity index (χ3n) is 6.04. The molecule has 2 heterocycles. The smallest absolute Gasteiger partial charge is 0.263 e. The highest BCUT2D eigenvalue weighted by Gasteiger charge is 2.21. The zero-order valence-electron chi connectivity index (χ0n) is 22.4. The van der Waals surface area contributed by atoms with Gasteiger partial charge >= 0.3 is 0 Å². The van der Waals surface area contributed by atoms with Crippen LogP contribution in [0, 0.1) is 5.82 Å². The summed E-state index contributed by atoms with van der Waals surface area (Å²) in [6, 6.07) is 6.28. The predicted octanol–water partition coefficient (Wildman–Crippen LogP) is -1.85. The molecule has 0 spiro atoms. The van der Waals surface area contributed by atoms with Gasteiger partial charge in [0.2, 0.25) is 0 Å². The maximum Gasteiger partial charge on any atom is 0.263 e. The van der Waals surface area contributed by atoms with E-state index in [2.05, 4.69) is 10.3 Å². The number of aromatic nitrogens is 1. The van der Waals surface area contributed by atoms with Gasteiger partial charge in [-0.2, -0.15) is 0 Å². The molecule has 15 heteroatoms. The van der Waals surface area contributed by atoms with E-state index in [4.69, 9.17) is 18.3 Å². The van der Waals surface area contributed by atoms with Crippen LogP contribution in [0.15, 0.2) is 51.4 Å². The Bertz CT molecular complexity index is 1590. The molecule has 1 N–H and O–H groups in total. The van der Waals surface area contributed by atoms with Crippen molar-refractivity contribution in [3.63, 3.8) is 0 Å². The van der Waals surface area contributed by atoms with Crippen LogP contribution in [-0.4, -0.2) is 69.3 Å². The fourth-order valence-corrected chi connectivity index (χ4v) is 4.24. The van der Waals surface area contributed by atoms with Gasteiger partial charge in [-0.25, -0.2) is 9.37 Å². The molecule has 4 rings (SSSR count). The Morgan fingerprint density at radius 3 is 2.47 bits per heavy atom. The number of hydrogen-bond acceptors (Lipinski definition) is 14. The number of carboxylic acid groups (broad SMARTS) is 2. The first kappa shape index (κ1) is 31.0.